The van der Waals surface area contributed by atoms with Crippen LogP contribution in [0.3, 0.4) is 0 Å². The maximum absolute atomic E-state index is 5.83. The Morgan fingerprint density at radius 3 is 2.94 bits per heavy atom. The van der Waals surface area contributed by atoms with Crippen LogP contribution in [0.15, 0.2) is 30.6 Å². The molecule has 2 heterocycles. The lowest BCUT2D eigenvalue weighted by atomic mass is 10.3. The van der Waals surface area contributed by atoms with Crippen molar-refractivity contribution in [3.63, 3.8) is 0 Å². The third-order valence-electron chi connectivity index (χ3n) is 2.00. The van der Waals surface area contributed by atoms with Crippen LogP contribution in [0.4, 0.5) is 5.82 Å². The summed E-state index contributed by atoms with van der Waals surface area (Å²) in [5, 5.41) is 3.61. The van der Waals surface area contributed by atoms with Crippen molar-refractivity contribution in [2.75, 3.05) is 5.32 Å². The van der Waals surface area contributed by atoms with Crippen LogP contribution < -0.4 is 5.32 Å². The topological polar surface area (TPSA) is 50.7 Å². The Hall–Kier alpha value is -1.68. The van der Waals surface area contributed by atoms with E-state index < -0.39 is 0 Å². The normalized spacial score (nSPS) is 10.1. The van der Waals surface area contributed by atoms with Gasteiger partial charge in [0, 0.05) is 25.0 Å². The average molecular weight is 235 g/mol. The first-order chi connectivity index (χ1) is 7.74. The Balaban J connectivity index is 2.05. The number of hydrogen-bond acceptors (Lipinski definition) is 4. The van der Waals surface area contributed by atoms with E-state index in [1.54, 1.807) is 19.2 Å². The van der Waals surface area contributed by atoms with Crippen LogP contribution in [0.2, 0.25) is 5.15 Å². The fourth-order valence-electron chi connectivity index (χ4n) is 1.32. The summed E-state index contributed by atoms with van der Waals surface area (Å²) in [6, 6.07) is 5.59. The van der Waals surface area contributed by atoms with E-state index in [9.17, 15) is 0 Å². The van der Waals surface area contributed by atoms with Crippen LogP contribution in [0.25, 0.3) is 0 Å². The van der Waals surface area contributed by atoms with Gasteiger partial charge in [-0.05, 0) is 18.6 Å². The van der Waals surface area contributed by atoms with Gasteiger partial charge in [-0.1, -0.05) is 17.7 Å². The number of nitrogens with one attached hydrogen (secondary N) is 1. The number of nitrogens with zero attached hydrogens (tertiary/aromatic N) is 3. The van der Waals surface area contributed by atoms with E-state index in [0.29, 0.717) is 17.5 Å². The smallest absolute Gasteiger partial charge is 0.134 e. The van der Waals surface area contributed by atoms with Gasteiger partial charge in [0.15, 0.2) is 0 Å². The zero-order valence-corrected chi connectivity index (χ0v) is 9.57. The fourth-order valence-corrected chi connectivity index (χ4v) is 1.54. The molecule has 4 nitrogen and oxygen atoms in total. The maximum Gasteiger partial charge on any atom is 0.134 e. The van der Waals surface area contributed by atoms with Gasteiger partial charge in [-0.3, -0.25) is 4.98 Å². The third kappa shape index (κ3) is 2.90. The second kappa shape index (κ2) is 4.90. The minimum absolute atomic E-state index is 0.446. The van der Waals surface area contributed by atoms with Crippen LogP contribution >= 0.6 is 11.6 Å². The molecule has 0 saturated carbocycles. The molecule has 5 heteroatoms. The molecule has 1 N–H and O–H groups in total. The summed E-state index contributed by atoms with van der Waals surface area (Å²) in [6.45, 7) is 2.47. The molecule has 0 radical (unpaired) electrons. The number of anilines is 1. The number of halogens is 1. The predicted octanol–water partition coefficient (Wildman–Crippen LogP) is 2.45. The summed E-state index contributed by atoms with van der Waals surface area (Å²) < 4.78 is 0. The number of aromatic nitrogens is 3. The molecular weight excluding hydrogens is 224 g/mol. The van der Waals surface area contributed by atoms with Crippen molar-refractivity contribution in [1.29, 1.82) is 0 Å². The molecule has 0 unspecified atom stereocenters. The third-order valence-corrected chi connectivity index (χ3v) is 2.20. The molecule has 0 aliphatic rings. The van der Waals surface area contributed by atoms with E-state index in [0.717, 1.165) is 11.4 Å². The fraction of sp³-hybridized carbons (Fsp3) is 0.182. The molecule has 0 spiro atoms. The lowest BCUT2D eigenvalue weighted by Crippen LogP contribution is -2.03. The van der Waals surface area contributed by atoms with Crippen LogP contribution in [0, 0.1) is 6.92 Å². The number of hydrogen-bond donors (Lipinski definition) is 1. The minimum Gasteiger partial charge on any atom is -0.366 e. The highest BCUT2D eigenvalue weighted by molar-refractivity contribution is 6.29. The van der Waals surface area contributed by atoms with E-state index in [1.165, 1.54) is 0 Å². The molecule has 0 bridgehead atoms. The molecule has 0 saturated heterocycles. The van der Waals surface area contributed by atoms with Crippen molar-refractivity contribution in [2.24, 2.45) is 0 Å². The quantitative estimate of drug-likeness (QED) is 0.829. The van der Waals surface area contributed by atoms with Gasteiger partial charge in [0.05, 0.1) is 0 Å². The summed E-state index contributed by atoms with van der Waals surface area (Å²) in [7, 11) is 0. The van der Waals surface area contributed by atoms with Crippen LogP contribution in [-0.2, 0) is 6.54 Å². The van der Waals surface area contributed by atoms with E-state index >= 15 is 0 Å². The summed E-state index contributed by atoms with van der Waals surface area (Å²) in [5.41, 5.74) is 1.09. The van der Waals surface area contributed by atoms with Gasteiger partial charge in [0.2, 0.25) is 0 Å². The first-order valence-electron chi connectivity index (χ1n) is 4.88. The monoisotopic (exact) mass is 234 g/mol. The lowest BCUT2D eigenvalue weighted by molar-refractivity contribution is 1.02. The van der Waals surface area contributed by atoms with Crippen molar-refractivity contribution >= 4 is 17.4 Å². The van der Waals surface area contributed by atoms with Crippen LogP contribution in [-0.4, -0.2) is 15.0 Å². The first kappa shape index (κ1) is 10.8. The average Bonchev–Trinajstić information content (AvgIpc) is 2.27. The van der Waals surface area contributed by atoms with Gasteiger partial charge in [-0.2, -0.15) is 0 Å². The van der Waals surface area contributed by atoms with Crippen molar-refractivity contribution in [3.05, 3.63) is 47.1 Å². The Kier molecular flexibility index (Phi) is 3.31. The molecule has 2 aromatic heterocycles. The van der Waals surface area contributed by atoms with Gasteiger partial charge in [-0.25, -0.2) is 9.97 Å². The number of rotatable bonds is 3. The Morgan fingerprint density at radius 2 is 2.25 bits per heavy atom. The van der Waals surface area contributed by atoms with E-state index in [1.807, 2.05) is 18.3 Å². The van der Waals surface area contributed by atoms with Gasteiger partial charge in [-0.15, -0.1) is 0 Å². The molecule has 2 aromatic rings. The van der Waals surface area contributed by atoms with E-state index in [4.69, 9.17) is 11.6 Å². The van der Waals surface area contributed by atoms with E-state index in [-0.39, 0.29) is 0 Å². The van der Waals surface area contributed by atoms with Crippen molar-refractivity contribution in [2.45, 2.75) is 13.5 Å². The van der Waals surface area contributed by atoms with Crippen LogP contribution in [0.1, 0.15) is 11.4 Å². The summed E-state index contributed by atoms with van der Waals surface area (Å²) >= 11 is 5.83. The highest BCUT2D eigenvalue weighted by Gasteiger charge is 1.99. The summed E-state index contributed by atoms with van der Waals surface area (Å²) in [6.07, 6.45) is 3.55. The Labute approximate surface area is 98.7 Å². The molecule has 0 fully saturated rings. The Bertz CT molecular complexity index is 452. The zero-order valence-electron chi connectivity index (χ0n) is 8.81. The van der Waals surface area contributed by atoms with Gasteiger partial charge in [0.1, 0.15) is 16.8 Å². The Morgan fingerprint density at radius 1 is 1.38 bits per heavy atom. The van der Waals surface area contributed by atoms with Gasteiger partial charge >= 0.3 is 0 Å². The highest BCUT2D eigenvalue weighted by Crippen LogP contribution is 2.11. The molecule has 82 valence electrons. The molecule has 0 amide bonds. The largest absolute Gasteiger partial charge is 0.366 e. The first-order valence-corrected chi connectivity index (χ1v) is 5.26. The molecule has 0 aromatic carbocycles. The lowest BCUT2D eigenvalue weighted by Gasteiger charge is -2.06. The van der Waals surface area contributed by atoms with E-state index in [2.05, 4.69) is 20.3 Å². The minimum atomic E-state index is 0.446. The zero-order chi connectivity index (χ0) is 11.4. The molecule has 2 rings (SSSR count). The molecule has 0 aliphatic carbocycles. The molecular formula is C11H11ClN4. The molecule has 16 heavy (non-hydrogen) atoms. The highest BCUT2D eigenvalue weighted by atomic mass is 35.5. The second-order valence-electron chi connectivity index (χ2n) is 3.34. The summed E-state index contributed by atoms with van der Waals surface area (Å²) in [4.78, 5) is 12.2. The standard InChI is InChI=1S/C11H11ClN4/c1-8-15-10(12)5-11(16-8)14-7-9-3-2-4-13-6-9/h2-6H,7H2,1H3,(H,14,15,16). The van der Waals surface area contributed by atoms with Gasteiger partial charge < -0.3 is 5.32 Å². The molecule has 0 aliphatic heterocycles. The number of aryl methyl sites for hydroxylation is 1. The predicted molar refractivity (Wildman–Crippen MR) is 63.3 cm³/mol. The molecule has 0 atom stereocenters. The SMILES string of the molecule is Cc1nc(Cl)cc(NCc2cccnc2)n1. The van der Waals surface area contributed by atoms with Crippen molar-refractivity contribution in [1.82, 2.24) is 15.0 Å². The van der Waals surface area contributed by atoms with Crippen molar-refractivity contribution < 1.29 is 0 Å². The number of pyridine rings is 1. The summed E-state index contributed by atoms with van der Waals surface area (Å²) in [5.74, 6) is 1.38. The second-order valence-corrected chi connectivity index (χ2v) is 3.73. The van der Waals surface area contributed by atoms with Gasteiger partial charge in [0.25, 0.3) is 0 Å². The maximum atomic E-state index is 5.83. The van der Waals surface area contributed by atoms with Crippen LogP contribution in [0.5, 0.6) is 0 Å². The van der Waals surface area contributed by atoms with Crippen molar-refractivity contribution in [3.8, 4) is 0 Å².